The van der Waals surface area contributed by atoms with Gasteiger partial charge in [0.2, 0.25) is 5.91 Å². The van der Waals surface area contributed by atoms with Gasteiger partial charge < -0.3 is 15.2 Å². The molecular weight excluding hydrogens is 352 g/mol. The molecule has 0 radical (unpaired) electrons. The fourth-order valence-corrected chi connectivity index (χ4v) is 3.58. The number of nitrogens with one attached hydrogen (secondary N) is 1. The maximum Gasteiger partial charge on any atom is 0.223 e. The molecule has 0 atom stereocenters. The van der Waals surface area contributed by atoms with Gasteiger partial charge in [0.05, 0.1) is 6.61 Å². The summed E-state index contributed by atoms with van der Waals surface area (Å²) < 4.78 is 5.46. The molecule has 5 nitrogen and oxygen atoms in total. The Hall–Kier alpha value is -2.53. The monoisotopic (exact) mass is 382 g/mol. The summed E-state index contributed by atoms with van der Waals surface area (Å²) in [6.07, 6.45) is 1.74. The van der Waals surface area contributed by atoms with Crippen molar-refractivity contribution in [3.63, 3.8) is 0 Å². The second-order valence-corrected chi connectivity index (χ2v) is 7.49. The van der Waals surface area contributed by atoms with E-state index in [9.17, 15) is 9.90 Å². The highest BCUT2D eigenvalue weighted by Crippen LogP contribution is 2.28. The van der Waals surface area contributed by atoms with E-state index >= 15 is 0 Å². The van der Waals surface area contributed by atoms with E-state index in [4.69, 9.17) is 4.74 Å². The lowest BCUT2D eigenvalue weighted by atomic mass is 9.95. The van der Waals surface area contributed by atoms with Crippen LogP contribution in [0.25, 0.3) is 0 Å². The van der Waals surface area contributed by atoms with Crippen LogP contribution in [-0.2, 0) is 17.9 Å². The molecule has 150 valence electrons. The number of nitrogens with zero attached hydrogens (tertiary/aromatic N) is 1. The van der Waals surface area contributed by atoms with Crippen LogP contribution in [0, 0.1) is 12.8 Å². The van der Waals surface area contributed by atoms with Crippen LogP contribution < -0.4 is 10.1 Å². The summed E-state index contributed by atoms with van der Waals surface area (Å²) in [4.78, 5) is 14.8. The molecule has 5 heteroatoms. The number of aromatic hydroxyl groups is 1. The number of rotatable bonds is 7. The largest absolute Gasteiger partial charge is 0.504 e. The third-order valence-corrected chi connectivity index (χ3v) is 5.28. The predicted molar refractivity (Wildman–Crippen MR) is 110 cm³/mol. The highest BCUT2D eigenvalue weighted by atomic mass is 16.5. The molecule has 1 aliphatic heterocycles. The Morgan fingerprint density at radius 2 is 1.82 bits per heavy atom. The zero-order valence-corrected chi connectivity index (χ0v) is 16.8. The van der Waals surface area contributed by atoms with Crippen molar-refractivity contribution in [1.82, 2.24) is 10.2 Å². The Labute approximate surface area is 167 Å². The van der Waals surface area contributed by atoms with Gasteiger partial charge in [0.15, 0.2) is 11.5 Å². The first-order valence-electron chi connectivity index (χ1n) is 10.1. The van der Waals surface area contributed by atoms with E-state index in [1.165, 1.54) is 5.56 Å². The highest BCUT2D eigenvalue weighted by Gasteiger charge is 2.24. The van der Waals surface area contributed by atoms with Gasteiger partial charge in [-0.1, -0.05) is 35.9 Å². The van der Waals surface area contributed by atoms with Crippen LogP contribution in [-0.4, -0.2) is 35.6 Å². The average Bonchev–Trinajstić information content (AvgIpc) is 2.70. The topological polar surface area (TPSA) is 61.8 Å². The third kappa shape index (κ3) is 5.49. The molecule has 28 heavy (non-hydrogen) atoms. The second kappa shape index (κ2) is 9.60. The van der Waals surface area contributed by atoms with E-state index in [2.05, 4.69) is 41.4 Å². The van der Waals surface area contributed by atoms with Crippen LogP contribution in [0.1, 0.15) is 36.5 Å². The fourth-order valence-electron chi connectivity index (χ4n) is 3.58. The highest BCUT2D eigenvalue weighted by molar-refractivity contribution is 5.78. The molecule has 1 aliphatic rings. The van der Waals surface area contributed by atoms with Gasteiger partial charge in [0, 0.05) is 19.0 Å². The Morgan fingerprint density at radius 1 is 1.14 bits per heavy atom. The summed E-state index contributed by atoms with van der Waals surface area (Å²) in [5.41, 5.74) is 3.47. The summed E-state index contributed by atoms with van der Waals surface area (Å²) in [5, 5.41) is 12.9. The molecule has 0 aliphatic carbocycles. The van der Waals surface area contributed by atoms with Gasteiger partial charge in [0.25, 0.3) is 0 Å². The number of phenols is 1. The van der Waals surface area contributed by atoms with Crippen LogP contribution in [0.2, 0.25) is 0 Å². The summed E-state index contributed by atoms with van der Waals surface area (Å²) in [6.45, 7) is 7.68. The maximum absolute atomic E-state index is 12.5. The van der Waals surface area contributed by atoms with Crippen LogP contribution in [0.15, 0.2) is 42.5 Å². The number of hydrogen-bond donors (Lipinski definition) is 2. The Kier molecular flexibility index (Phi) is 6.93. The van der Waals surface area contributed by atoms with E-state index in [-0.39, 0.29) is 17.6 Å². The number of piperidine rings is 1. The molecule has 1 saturated heterocycles. The summed E-state index contributed by atoms with van der Waals surface area (Å²) >= 11 is 0. The van der Waals surface area contributed by atoms with Gasteiger partial charge in [-0.3, -0.25) is 9.69 Å². The first-order chi connectivity index (χ1) is 13.5. The van der Waals surface area contributed by atoms with E-state index in [0.29, 0.717) is 18.9 Å². The lowest BCUT2D eigenvalue weighted by Crippen LogP contribution is -2.40. The van der Waals surface area contributed by atoms with Crippen molar-refractivity contribution in [2.24, 2.45) is 5.92 Å². The van der Waals surface area contributed by atoms with Gasteiger partial charge in [-0.05, 0) is 63.0 Å². The van der Waals surface area contributed by atoms with Gasteiger partial charge in [0.1, 0.15) is 0 Å². The average molecular weight is 383 g/mol. The number of carbonyl (C=O) groups is 1. The lowest BCUT2D eigenvalue weighted by Gasteiger charge is -2.31. The number of amides is 1. The maximum atomic E-state index is 12.5. The van der Waals surface area contributed by atoms with Crippen molar-refractivity contribution in [2.75, 3.05) is 19.7 Å². The van der Waals surface area contributed by atoms with Gasteiger partial charge in [-0.25, -0.2) is 0 Å². The van der Waals surface area contributed by atoms with Gasteiger partial charge >= 0.3 is 0 Å². The zero-order chi connectivity index (χ0) is 19.9. The van der Waals surface area contributed by atoms with Crippen LogP contribution in [0.4, 0.5) is 0 Å². The zero-order valence-electron chi connectivity index (χ0n) is 16.8. The van der Waals surface area contributed by atoms with Crippen molar-refractivity contribution >= 4 is 5.91 Å². The molecule has 1 heterocycles. The normalized spacial score (nSPS) is 15.4. The van der Waals surface area contributed by atoms with Crippen molar-refractivity contribution in [3.8, 4) is 11.5 Å². The number of aryl methyl sites for hydroxylation is 1. The Bertz CT molecular complexity index is 781. The molecular formula is C23H30N2O3. The molecule has 2 aromatic rings. The SMILES string of the molecule is CCOc1cc(CN2CCC(C(=O)NCc3ccc(C)cc3)CC2)ccc1O. The summed E-state index contributed by atoms with van der Waals surface area (Å²) in [5.74, 6) is 0.948. The first-order valence-corrected chi connectivity index (χ1v) is 10.1. The number of ether oxygens (including phenoxy) is 1. The smallest absolute Gasteiger partial charge is 0.223 e. The molecule has 0 saturated carbocycles. The molecule has 0 spiro atoms. The summed E-state index contributed by atoms with van der Waals surface area (Å²) in [7, 11) is 0. The molecule has 0 unspecified atom stereocenters. The lowest BCUT2D eigenvalue weighted by molar-refractivity contribution is -0.126. The quantitative estimate of drug-likeness (QED) is 0.768. The van der Waals surface area contributed by atoms with E-state index < -0.39 is 0 Å². The predicted octanol–water partition coefficient (Wildman–Crippen LogP) is 3.63. The van der Waals surface area contributed by atoms with E-state index in [1.54, 1.807) is 6.07 Å². The van der Waals surface area contributed by atoms with Crippen LogP contribution >= 0.6 is 0 Å². The van der Waals surface area contributed by atoms with Crippen LogP contribution in [0.3, 0.4) is 0 Å². The molecule has 1 amide bonds. The number of hydrogen-bond acceptors (Lipinski definition) is 4. The number of benzene rings is 2. The van der Waals surface area contributed by atoms with E-state index in [1.807, 2.05) is 19.1 Å². The molecule has 0 bridgehead atoms. The molecule has 1 fully saturated rings. The van der Waals surface area contributed by atoms with Crippen LogP contribution in [0.5, 0.6) is 11.5 Å². The third-order valence-electron chi connectivity index (χ3n) is 5.28. The number of likely N-dealkylation sites (tertiary alicyclic amines) is 1. The van der Waals surface area contributed by atoms with E-state index in [0.717, 1.165) is 43.6 Å². The minimum Gasteiger partial charge on any atom is -0.504 e. The minimum absolute atomic E-state index is 0.0838. The molecule has 0 aromatic heterocycles. The summed E-state index contributed by atoms with van der Waals surface area (Å²) in [6, 6.07) is 13.8. The van der Waals surface area contributed by atoms with Crippen molar-refractivity contribution in [2.45, 2.75) is 39.8 Å². The molecule has 2 aromatic carbocycles. The number of phenolic OH excluding ortho intramolecular Hbond substituents is 1. The number of carbonyl (C=O) groups excluding carboxylic acids is 1. The first kappa shape index (κ1) is 20.2. The van der Waals surface area contributed by atoms with Crippen molar-refractivity contribution in [1.29, 1.82) is 0 Å². The van der Waals surface area contributed by atoms with Crippen molar-refractivity contribution in [3.05, 3.63) is 59.2 Å². The minimum atomic E-state index is 0.0838. The second-order valence-electron chi connectivity index (χ2n) is 7.49. The van der Waals surface area contributed by atoms with Gasteiger partial charge in [-0.15, -0.1) is 0 Å². The Balaban J connectivity index is 1.45. The van der Waals surface area contributed by atoms with Gasteiger partial charge in [-0.2, -0.15) is 0 Å². The fraction of sp³-hybridized carbons (Fsp3) is 0.435. The Morgan fingerprint density at radius 3 is 2.50 bits per heavy atom. The van der Waals surface area contributed by atoms with Crippen molar-refractivity contribution < 1.29 is 14.6 Å². The molecule has 2 N–H and O–H groups in total. The standard InChI is InChI=1S/C23H30N2O3/c1-3-28-22-14-19(8-9-21(22)26)16-25-12-10-20(11-13-25)23(27)24-15-18-6-4-17(2)5-7-18/h4-9,14,20,26H,3,10-13,15-16H2,1-2H3,(H,24,27). The molecule has 3 rings (SSSR count).